The number of methoxy groups -OCH3 is 1. The third-order valence-corrected chi connectivity index (χ3v) is 4.39. The van der Waals surface area contributed by atoms with Gasteiger partial charge < -0.3 is 15.4 Å². The van der Waals surface area contributed by atoms with Crippen LogP contribution >= 0.6 is 11.8 Å². The van der Waals surface area contributed by atoms with E-state index in [4.69, 9.17) is 4.74 Å². The molecule has 2 aromatic rings. The Balaban J connectivity index is 1.77. The Morgan fingerprint density at radius 2 is 1.62 bits per heavy atom. The number of para-hydroxylation sites is 1. The van der Waals surface area contributed by atoms with Crippen LogP contribution in [0.2, 0.25) is 0 Å². The van der Waals surface area contributed by atoms with E-state index in [0.29, 0.717) is 5.69 Å². The maximum atomic E-state index is 12.1. The molecule has 2 rings (SSSR count). The minimum Gasteiger partial charge on any atom is -0.497 e. The van der Waals surface area contributed by atoms with Crippen molar-refractivity contribution >= 4 is 35.0 Å². The Morgan fingerprint density at radius 1 is 1.00 bits per heavy atom. The molecule has 0 aromatic heterocycles. The quantitative estimate of drug-likeness (QED) is 0.808. The third kappa shape index (κ3) is 5.62. The van der Waals surface area contributed by atoms with E-state index in [9.17, 15) is 9.59 Å². The zero-order valence-electron chi connectivity index (χ0n) is 13.6. The number of rotatable bonds is 7. The van der Waals surface area contributed by atoms with E-state index < -0.39 is 0 Å². The van der Waals surface area contributed by atoms with Crippen molar-refractivity contribution in [1.29, 1.82) is 0 Å². The Kier molecular flexibility index (Phi) is 6.69. The fourth-order valence-electron chi connectivity index (χ4n) is 1.91. The fraction of sp³-hybridized carbons (Fsp3) is 0.222. The molecule has 2 amide bonds. The molecule has 0 aliphatic heterocycles. The maximum Gasteiger partial charge on any atom is 0.237 e. The molecule has 0 radical (unpaired) electrons. The van der Waals surface area contributed by atoms with E-state index in [1.807, 2.05) is 30.3 Å². The van der Waals surface area contributed by atoms with E-state index >= 15 is 0 Å². The molecule has 6 heteroatoms. The number of thioether (sulfide) groups is 1. The summed E-state index contributed by atoms with van der Waals surface area (Å²) < 4.78 is 5.07. The van der Waals surface area contributed by atoms with Crippen molar-refractivity contribution in [3.05, 3.63) is 54.6 Å². The summed E-state index contributed by atoms with van der Waals surface area (Å²) in [5.74, 6) is 0.674. The molecule has 0 saturated heterocycles. The lowest BCUT2D eigenvalue weighted by molar-refractivity contribution is -0.115. The number of amides is 2. The van der Waals surface area contributed by atoms with Crippen LogP contribution in [-0.2, 0) is 9.59 Å². The number of ether oxygens (including phenoxy) is 1. The van der Waals surface area contributed by atoms with Gasteiger partial charge in [0.05, 0.1) is 18.1 Å². The smallest absolute Gasteiger partial charge is 0.237 e. The zero-order valence-corrected chi connectivity index (χ0v) is 14.4. The van der Waals surface area contributed by atoms with Gasteiger partial charge in [-0.15, -0.1) is 11.8 Å². The molecular formula is C18H20N2O3S. The highest BCUT2D eigenvalue weighted by atomic mass is 32.2. The molecule has 0 fully saturated rings. The standard InChI is InChI=1S/C18H20N2O3S/c1-13(18(22)20-15-8-10-16(23-2)11-9-15)24-12-17(21)19-14-6-4-3-5-7-14/h3-11,13H,12H2,1-2H3,(H,19,21)(H,20,22)/t13-/m1/s1. The molecule has 1 atom stereocenters. The van der Waals surface area contributed by atoms with Gasteiger partial charge in [-0.1, -0.05) is 18.2 Å². The van der Waals surface area contributed by atoms with Gasteiger partial charge in [-0.3, -0.25) is 9.59 Å². The van der Waals surface area contributed by atoms with Crippen LogP contribution in [0.5, 0.6) is 5.75 Å². The number of hydrogen-bond acceptors (Lipinski definition) is 4. The minimum absolute atomic E-state index is 0.129. The second-order valence-corrected chi connectivity index (χ2v) is 6.41. The van der Waals surface area contributed by atoms with Gasteiger partial charge in [-0.25, -0.2) is 0 Å². The van der Waals surface area contributed by atoms with Crippen molar-refractivity contribution in [1.82, 2.24) is 0 Å². The predicted molar refractivity (Wildman–Crippen MR) is 98.6 cm³/mol. The molecule has 126 valence electrons. The summed E-state index contributed by atoms with van der Waals surface area (Å²) in [5.41, 5.74) is 1.44. The van der Waals surface area contributed by atoms with Gasteiger partial charge in [0.2, 0.25) is 11.8 Å². The normalized spacial score (nSPS) is 11.4. The summed E-state index contributed by atoms with van der Waals surface area (Å²) in [7, 11) is 1.59. The maximum absolute atomic E-state index is 12.1. The van der Waals surface area contributed by atoms with Gasteiger partial charge >= 0.3 is 0 Å². The highest BCUT2D eigenvalue weighted by Gasteiger charge is 2.15. The first kappa shape index (κ1) is 17.9. The highest BCUT2D eigenvalue weighted by molar-refractivity contribution is 8.01. The van der Waals surface area contributed by atoms with E-state index in [1.54, 1.807) is 38.3 Å². The Bertz CT molecular complexity index is 674. The summed E-state index contributed by atoms with van der Waals surface area (Å²) in [6.07, 6.45) is 0. The van der Waals surface area contributed by atoms with Crippen molar-refractivity contribution in [3.8, 4) is 5.75 Å². The lowest BCUT2D eigenvalue weighted by Gasteiger charge is -2.12. The van der Waals surface area contributed by atoms with Crippen LogP contribution in [0.3, 0.4) is 0 Å². The SMILES string of the molecule is COc1ccc(NC(=O)[C@@H](C)SCC(=O)Nc2ccccc2)cc1. The summed E-state index contributed by atoms with van der Waals surface area (Å²) in [5, 5.41) is 5.27. The lowest BCUT2D eigenvalue weighted by Crippen LogP contribution is -2.25. The number of hydrogen-bond donors (Lipinski definition) is 2. The first-order valence-corrected chi connectivity index (χ1v) is 8.55. The summed E-state index contributed by atoms with van der Waals surface area (Å²) >= 11 is 1.29. The molecule has 0 aliphatic rings. The molecule has 2 aromatic carbocycles. The molecule has 24 heavy (non-hydrogen) atoms. The average molecular weight is 344 g/mol. The minimum atomic E-state index is -0.339. The molecule has 0 unspecified atom stereocenters. The number of anilines is 2. The van der Waals surface area contributed by atoms with Crippen LogP contribution in [0.15, 0.2) is 54.6 Å². The van der Waals surface area contributed by atoms with Gasteiger partial charge in [0.25, 0.3) is 0 Å². The second kappa shape index (κ2) is 8.98. The van der Waals surface area contributed by atoms with Crippen LogP contribution < -0.4 is 15.4 Å². The van der Waals surface area contributed by atoms with Crippen LogP contribution in [0.1, 0.15) is 6.92 Å². The van der Waals surface area contributed by atoms with Crippen LogP contribution in [0, 0.1) is 0 Å². The van der Waals surface area contributed by atoms with Gasteiger partial charge in [0.1, 0.15) is 5.75 Å². The van der Waals surface area contributed by atoms with E-state index in [0.717, 1.165) is 11.4 Å². The zero-order chi connectivity index (χ0) is 17.4. The van der Waals surface area contributed by atoms with Gasteiger partial charge in [0, 0.05) is 11.4 Å². The number of carbonyl (C=O) groups is 2. The van der Waals surface area contributed by atoms with Crippen LogP contribution in [0.4, 0.5) is 11.4 Å². The molecule has 0 bridgehead atoms. The Hall–Kier alpha value is -2.47. The predicted octanol–water partition coefficient (Wildman–Crippen LogP) is 3.39. The largest absolute Gasteiger partial charge is 0.497 e. The molecule has 0 spiro atoms. The monoisotopic (exact) mass is 344 g/mol. The first-order valence-electron chi connectivity index (χ1n) is 7.50. The van der Waals surface area contributed by atoms with Gasteiger partial charge in [-0.2, -0.15) is 0 Å². The lowest BCUT2D eigenvalue weighted by atomic mass is 10.3. The van der Waals surface area contributed by atoms with E-state index in [1.165, 1.54) is 11.8 Å². The number of benzene rings is 2. The Morgan fingerprint density at radius 3 is 2.25 bits per heavy atom. The average Bonchev–Trinajstić information content (AvgIpc) is 2.61. The summed E-state index contributed by atoms with van der Waals surface area (Å²) in [4.78, 5) is 24.0. The van der Waals surface area contributed by atoms with Crippen LogP contribution in [0.25, 0.3) is 0 Å². The van der Waals surface area contributed by atoms with Gasteiger partial charge in [-0.05, 0) is 43.3 Å². The Labute approximate surface area is 145 Å². The molecule has 0 saturated carbocycles. The summed E-state index contributed by atoms with van der Waals surface area (Å²) in [6, 6.07) is 16.3. The third-order valence-electron chi connectivity index (χ3n) is 3.25. The van der Waals surface area contributed by atoms with Crippen molar-refractivity contribution in [2.24, 2.45) is 0 Å². The van der Waals surface area contributed by atoms with Crippen molar-refractivity contribution in [2.75, 3.05) is 23.5 Å². The van der Waals surface area contributed by atoms with E-state index in [-0.39, 0.29) is 22.8 Å². The highest BCUT2D eigenvalue weighted by Crippen LogP contribution is 2.18. The number of carbonyl (C=O) groups excluding carboxylic acids is 2. The molecule has 2 N–H and O–H groups in total. The van der Waals surface area contributed by atoms with Crippen molar-refractivity contribution in [3.63, 3.8) is 0 Å². The van der Waals surface area contributed by atoms with E-state index in [2.05, 4.69) is 10.6 Å². The summed E-state index contributed by atoms with van der Waals surface area (Å²) in [6.45, 7) is 1.78. The van der Waals surface area contributed by atoms with Crippen LogP contribution in [-0.4, -0.2) is 29.9 Å². The van der Waals surface area contributed by atoms with Crippen molar-refractivity contribution < 1.29 is 14.3 Å². The molecule has 5 nitrogen and oxygen atoms in total. The second-order valence-electron chi connectivity index (χ2n) is 5.09. The number of nitrogens with one attached hydrogen (secondary N) is 2. The first-order chi connectivity index (χ1) is 11.6. The van der Waals surface area contributed by atoms with Gasteiger partial charge in [0.15, 0.2) is 0 Å². The fourth-order valence-corrected chi connectivity index (χ4v) is 2.60. The molecule has 0 heterocycles. The molecule has 0 aliphatic carbocycles. The van der Waals surface area contributed by atoms with Crippen molar-refractivity contribution in [2.45, 2.75) is 12.2 Å². The molecular weight excluding hydrogens is 324 g/mol. The topological polar surface area (TPSA) is 67.4 Å².